The largest absolute Gasteiger partial charge is 0.391 e. The third-order valence-electron chi connectivity index (χ3n) is 3.35. The van der Waals surface area contributed by atoms with Crippen LogP contribution in [0.25, 0.3) is 0 Å². The number of hydrogen-bond donors (Lipinski definition) is 2. The highest BCUT2D eigenvalue weighted by atomic mass is 16.3. The average molecular weight is 242 g/mol. The second-order valence-corrected chi connectivity index (χ2v) is 5.57. The van der Waals surface area contributed by atoms with Crippen molar-refractivity contribution in [2.45, 2.75) is 45.6 Å². The zero-order valence-electron chi connectivity index (χ0n) is 11.1. The summed E-state index contributed by atoms with van der Waals surface area (Å²) in [4.78, 5) is 13.8. The van der Waals surface area contributed by atoms with E-state index in [1.165, 1.54) is 0 Å². The van der Waals surface area contributed by atoms with Gasteiger partial charge in [-0.15, -0.1) is 0 Å². The molecule has 1 rings (SSSR count). The molecule has 1 fully saturated rings. The molecular formula is C13H26N2O2. The number of hydrogen-bond acceptors (Lipinski definition) is 3. The van der Waals surface area contributed by atoms with Crippen molar-refractivity contribution in [3.8, 4) is 0 Å². The van der Waals surface area contributed by atoms with Gasteiger partial charge in [0.15, 0.2) is 0 Å². The van der Waals surface area contributed by atoms with Gasteiger partial charge in [0.25, 0.3) is 0 Å². The topological polar surface area (TPSA) is 66.6 Å². The van der Waals surface area contributed by atoms with E-state index in [1.807, 2.05) is 0 Å². The molecule has 100 valence electrons. The number of nitrogens with zero attached hydrogens (tertiary/aromatic N) is 1. The summed E-state index contributed by atoms with van der Waals surface area (Å²) in [5.74, 6) is 1.00. The Balaban J connectivity index is 2.40. The highest BCUT2D eigenvalue weighted by Crippen LogP contribution is 2.18. The number of aliphatic hydroxyl groups is 1. The zero-order valence-corrected chi connectivity index (χ0v) is 11.1. The van der Waals surface area contributed by atoms with E-state index in [1.54, 1.807) is 4.90 Å². The van der Waals surface area contributed by atoms with Crippen molar-refractivity contribution in [3.05, 3.63) is 0 Å². The van der Waals surface area contributed by atoms with Gasteiger partial charge in [0.05, 0.1) is 6.10 Å². The summed E-state index contributed by atoms with van der Waals surface area (Å²) >= 11 is 0. The van der Waals surface area contributed by atoms with E-state index in [0.717, 1.165) is 25.8 Å². The van der Waals surface area contributed by atoms with Crippen molar-refractivity contribution < 1.29 is 9.90 Å². The predicted molar refractivity (Wildman–Crippen MR) is 68.4 cm³/mol. The molecule has 1 amide bonds. The SMILES string of the molecule is CC(C)CC(CN)CC(=O)N1CCC[C@H](O)C1. The molecule has 3 N–H and O–H groups in total. The Morgan fingerprint density at radius 2 is 2.24 bits per heavy atom. The van der Waals surface area contributed by atoms with Crippen LogP contribution >= 0.6 is 0 Å². The van der Waals surface area contributed by atoms with Crippen LogP contribution < -0.4 is 5.73 Å². The Bertz CT molecular complexity index is 244. The van der Waals surface area contributed by atoms with Crippen molar-refractivity contribution in [1.29, 1.82) is 0 Å². The third kappa shape index (κ3) is 5.04. The van der Waals surface area contributed by atoms with E-state index >= 15 is 0 Å². The van der Waals surface area contributed by atoms with Crippen LogP contribution in [0.3, 0.4) is 0 Å². The van der Waals surface area contributed by atoms with Gasteiger partial charge in [-0.3, -0.25) is 4.79 Å². The van der Waals surface area contributed by atoms with Crippen LogP contribution in [0.4, 0.5) is 0 Å². The van der Waals surface area contributed by atoms with Gasteiger partial charge in [0.2, 0.25) is 5.91 Å². The van der Waals surface area contributed by atoms with Crippen LogP contribution in [0.1, 0.15) is 39.5 Å². The lowest BCUT2D eigenvalue weighted by atomic mass is 9.93. The second kappa shape index (κ2) is 6.97. The lowest BCUT2D eigenvalue weighted by Gasteiger charge is -2.31. The van der Waals surface area contributed by atoms with Crippen LogP contribution in [0.5, 0.6) is 0 Å². The second-order valence-electron chi connectivity index (χ2n) is 5.57. The van der Waals surface area contributed by atoms with Crippen LogP contribution in [-0.2, 0) is 4.79 Å². The van der Waals surface area contributed by atoms with Crippen molar-refractivity contribution in [2.24, 2.45) is 17.6 Å². The maximum Gasteiger partial charge on any atom is 0.222 e. The molecule has 0 aromatic rings. The van der Waals surface area contributed by atoms with Crippen LogP contribution in [0.2, 0.25) is 0 Å². The Hall–Kier alpha value is -0.610. The fourth-order valence-corrected chi connectivity index (χ4v) is 2.49. The number of likely N-dealkylation sites (tertiary alicyclic amines) is 1. The zero-order chi connectivity index (χ0) is 12.8. The van der Waals surface area contributed by atoms with Gasteiger partial charge in [-0.25, -0.2) is 0 Å². The molecule has 2 atom stereocenters. The van der Waals surface area contributed by atoms with E-state index in [4.69, 9.17) is 5.73 Å². The van der Waals surface area contributed by atoms with Gasteiger partial charge in [-0.2, -0.15) is 0 Å². The number of piperidine rings is 1. The molecular weight excluding hydrogens is 216 g/mol. The van der Waals surface area contributed by atoms with E-state index in [9.17, 15) is 9.90 Å². The molecule has 1 heterocycles. The summed E-state index contributed by atoms with van der Waals surface area (Å²) in [5.41, 5.74) is 5.71. The first-order valence-corrected chi connectivity index (χ1v) is 6.68. The monoisotopic (exact) mass is 242 g/mol. The maximum atomic E-state index is 12.1. The van der Waals surface area contributed by atoms with Crippen LogP contribution in [0.15, 0.2) is 0 Å². The minimum absolute atomic E-state index is 0.153. The molecule has 1 aliphatic heterocycles. The lowest BCUT2D eigenvalue weighted by Crippen LogP contribution is -2.43. The molecule has 1 saturated heterocycles. The summed E-state index contributed by atoms with van der Waals surface area (Å²) in [7, 11) is 0. The first-order valence-electron chi connectivity index (χ1n) is 6.68. The van der Waals surface area contributed by atoms with Crippen molar-refractivity contribution >= 4 is 5.91 Å². The van der Waals surface area contributed by atoms with Gasteiger partial charge < -0.3 is 15.7 Å². The Labute approximate surface area is 104 Å². The molecule has 0 radical (unpaired) electrons. The Kier molecular flexibility index (Phi) is 5.92. The Morgan fingerprint density at radius 3 is 2.76 bits per heavy atom. The lowest BCUT2D eigenvalue weighted by molar-refractivity contribution is -0.135. The van der Waals surface area contributed by atoms with E-state index in [-0.39, 0.29) is 17.9 Å². The highest BCUT2D eigenvalue weighted by molar-refractivity contribution is 5.76. The van der Waals surface area contributed by atoms with E-state index in [0.29, 0.717) is 25.4 Å². The molecule has 0 saturated carbocycles. The molecule has 0 aromatic carbocycles. The number of β-amino-alcohol motifs (C(OH)–C–C–N with tert-alkyl or cyclic N) is 1. The van der Waals surface area contributed by atoms with Gasteiger partial charge in [-0.05, 0) is 37.6 Å². The molecule has 1 aliphatic rings. The molecule has 4 nitrogen and oxygen atoms in total. The minimum atomic E-state index is -0.339. The van der Waals surface area contributed by atoms with Crippen molar-refractivity contribution in [2.75, 3.05) is 19.6 Å². The fraction of sp³-hybridized carbons (Fsp3) is 0.923. The van der Waals surface area contributed by atoms with E-state index < -0.39 is 0 Å². The smallest absolute Gasteiger partial charge is 0.222 e. The fourth-order valence-electron chi connectivity index (χ4n) is 2.49. The van der Waals surface area contributed by atoms with Crippen molar-refractivity contribution in [3.63, 3.8) is 0 Å². The first-order chi connectivity index (χ1) is 8.02. The summed E-state index contributed by atoms with van der Waals surface area (Å²) < 4.78 is 0. The number of nitrogens with two attached hydrogens (primary N) is 1. The van der Waals surface area contributed by atoms with Crippen LogP contribution in [0, 0.1) is 11.8 Å². The summed E-state index contributed by atoms with van der Waals surface area (Å²) in [6, 6.07) is 0. The summed E-state index contributed by atoms with van der Waals surface area (Å²) in [6.07, 6.45) is 2.91. The van der Waals surface area contributed by atoms with Crippen LogP contribution in [-0.4, -0.2) is 41.7 Å². The number of aliphatic hydroxyl groups excluding tert-OH is 1. The van der Waals surface area contributed by atoms with Crippen molar-refractivity contribution in [1.82, 2.24) is 4.90 Å². The first kappa shape index (κ1) is 14.5. The van der Waals surface area contributed by atoms with Gasteiger partial charge in [0.1, 0.15) is 0 Å². The summed E-state index contributed by atoms with van der Waals surface area (Å²) in [5, 5.41) is 9.55. The number of amides is 1. The standard InChI is InChI=1S/C13H26N2O2/c1-10(2)6-11(8-14)7-13(17)15-5-3-4-12(16)9-15/h10-12,16H,3-9,14H2,1-2H3/t11?,12-/m0/s1. The number of rotatable bonds is 5. The average Bonchev–Trinajstić information content (AvgIpc) is 2.27. The molecule has 4 heteroatoms. The van der Waals surface area contributed by atoms with Gasteiger partial charge in [-0.1, -0.05) is 13.8 Å². The third-order valence-corrected chi connectivity index (χ3v) is 3.35. The predicted octanol–water partition coefficient (Wildman–Crippen LogP) is 0.981. The minimum Gasteiger partial charge on any atom is -0.391 e. The maximum absolute atomic E-state index is 12.1. The molecule has 1 unspecified atom stereocenters. The summed E-state index contributed by atoms with van der Waals surface area (Å²) in [6.45, 7) is 6.16. The molecule has 0 aliphatic carbocycles. The highest BCUT2D eigenvalue weighted by Gasteiger charge is 2.24. The molecule has 0 bridgehead atoms. The normalized spacial score (nSPS) is 22.9. The Morgan fingerprint density at radius 1 is 1.53 bits per heavy atom. The quantitative estimate of drug-likeness (QED) is 0.755. The van der Waals surface area contributed by atoms with Gasteiger partial charge in [0, 0.05) is 19.5 Å². The van der Waals surface area contributed by atoms with E-state index in [2.05, 4.69) is 13.8 Å². The number of carbonyl (C=O) groups excluding carboxylic acids is 1. The molecule has 0 aromatic heterocycles. The van der Waals surface area contributed by atoms with Gasteiger partial charge >= 0.3 is 0 Å². The molecule has 0 spiro atoms. The molecule has 17 heavy (non-hydrogen) atoms. The number of carbonyl (C=O) groups is 1.